The van der Waals surface area contributed by atoms with Crippen molar-refractivity contribution in [3.05, 3.63) is 59.3 Å². The van der Waals surface area contributed by atoms with E-state index in [0.717, 1.165) is 19.3 Å². The molecular weight excluding hydrogens is 208 g/mol. The quantitative estimate of drug-likeness (QED) is 0.786. The highest BCUT2D eigenvalue weighted by Crippen LogP contribution is 2.34. The number of hydrogen-bond acceptors (Lipinski definition) is 2. The molecule has 0 spiro atoms. The van der Waals surface area contributed by atoms with Gasteiger partial charge >= 0.3 is 0 Å². The lowest BCUT2D eigenvalue weighted by Gasteiger charge is -2.22. The molecule has 2 nitrogen and oxygen atoms in total. The van der Waals surface area contributed by atoms with Gasteiger partial charge in [-0.2, -0.15) is 0 Å². The van der Waals surface area contributed by atoms with Gasteiger partial charge < -0.3 is 5.01 Å². The first kappa shape index (κ1) is 10.6. The van der Waals surface area contributed by atoms with Crippen LogP contribution in [-0.4, -0.2) is 11.1 Å². The lowest BCUT2D eigenvalue weighted by atomic mass is 10.00. The minimum Gasteiger partial charge on any atom is -0.307 e. The standard InChI is InChI=1S/C15H18N2/c16-17-14(10-12-6-2-1-3-7-12)11-13-8-4-5-9-15(13)17/h1-3,6-9,14H,4-5,10-11,16H2. The van der Waals surface area contributed by atoms with E-state index in [1.54, 1.807) is 0 Å². The SMILES string of the molecule is NN1C2=CCCC=C2CC1Cc1ccccc1. The van der Waals surface area contributed by atoms with Crippen LogP contribution in [0.3, 0.4) is 0 Å². The van der Waals surface area contributed by atoms with E-state index in [1.165, 1.54) is 23.3 Å². The van der Waals surface area contributed by atoms with Crippen molar-refractivity contribution in [2.24, 2.45) is 5.84 Å². The van der Waals surface area contributed by atoms with Crippen molar-refractivity contribution < 1.29 is 0 Å². The van der Waals surface area contributed by atoms with Gasteiger partial charge in [0.05, 0.1) is 11.7 Å². The van der Waals surface area contributed by atoms with Crippen molar-refractivity contribution in [3.8, 4) is 0 Å². The first-order valence-corrected chi connectivity index (χ1v) is 6.32. The zero-order chi connectivity index (χ0) is 11.7. The van der Waals surface area contributed by atoms with Gasteiger partial charge in [0.1, 0.15) is 0 Å². The third kappa shape index (κ3) is 2.01. The maximum atomic E-state index is 6.21. The highest BCUT2D eigenvalue weighted by Gasteiger charge is 2.30. The van der Waals surface area contributed by atoms with Crippen molar-refractivity contribution in [2.45, 2.75) is 31.7 Å². The second-order valence-corrected chi connectivity index (χ2v) is 4.85. The van der Waals surface area contributed by atoms with Crippen LogP contribution in [-0.2, 0) is 6.42 Å². The Kier molecular flexibility index (Phi) is 2.73. The fourth-order valence-corrected chi connectivity index (χ4v) is 2.78. The monoisotopic (exact) mass is 226 g/mol. The van der Waals surface area contributed by atoms with Gasteiger partial charge in [-0.25, -0.2) is 5.84 Å². The Morgan fingerprint density at radius 3 is 2.65 bits per heavy atom. The number of nitrogens with zero attached hydrogens (tertiary/aromatic N) is 1. The molecule has 0 aromatic heterocycles. The Bertz CT molecular complexity index is 459. The first-order valence-electron chi connectivity index (χ1n) is 6.32. The summed E-state index contributed by atoms with van der Waals surface area (Å²) >= 11 is 0. The largest absolute Gasteiger partial charge is 0.307 e. The molecule has 0 amide bonds. The summed E-state index contributed by atoms with van der Waals surface area (Å²) in [6, 6.07) is 11.0. The summed E-state index contributed by atoms with van der Waals surface area (Å²) in [5, 5.41) is 1.97. The molecule has 1 saturated heterocycles. The topological polar surface area (TPSA) is 29.3 Å². The number of benzene rings is 1. The molecule has 1 aromatic rings. The van der Waals surface area contributed by atoms with Gasteiger partial charge in [-0.15, -0.1) is 0 Å². The Hall–Kier alpha value is -1.54. The van der Waals surface area contributed by atoms with Gasteiger partial charge in [0, 0.05) is 0 Å². The zero-order valence-corrected chi connectivity index (χ0v) is 9.97. The molecular formula is C15H18N2. The van der Waals surface area contributed by atoms with E-state index in [1.807, 2.05) is 5.01 Å². The molecule has 1 aliphatic carbocycles. The molecule has 2 heteroatoms. The number of fused-ring (bicyclic) bond motifs is 1. The van der Waals surface area contributed by atoms with Gasteiger partial charge in [0.25, 0.3) is 0 Å². The van der Waals surface area contributed by atoms with E-state index in [9.17, 15) is 0 Å². The normalized spacial score (nSPS) is 23.1. The molecule has 88 valence electrons. The van der Waals surface area contributed by atoms with Gasteiger partial charge in [-0.3, -0.25) is 0 Å². The summed E-state index contributed by atoms with van der Waals surface area (Å²) in [7, 11) is 0. The molecule has 0 radical (unpaired) electrons. The Labute approximate surface area is 102 Å². The van der Waals surface area contributed by atoms with E-state index < -0.39 is 0 Å². The summed E-state index contributed by atoms with van der Waals surface area (Å²) in [5.74, 6) is 6.21. The summed E-state index contributed by atoms with van der Waals surface area (Å²) < 4.78 is 0. The van der Waals surface area contributed by atoms with Crippen LogP contribution in [0, 0.1) is 0 Å². The fraction of sp³-hybridized carbons (Fsp3) is 0.333. The number of nitrogens with two attached hydrogens (primary N) is 1. The van der Waals surface area contributed by atoms with Crippen LogP contribution in [0.4, 0.5) is 0 Å². The van der Waals surface area contributed by atoms with Crippen molar-refractivity contribution in [3.63, 3.8) is 0 Å². The van der Waals surface area contributed by atoms with Gasteiger partial charge in [0.15, 0.2) is 0 Å². The lowest BCUT2D eigenvalue weighted by molar-refractivity contribution is 0.300. The average Bonchev–Trinajstić information content (AvgIpc) is 2.68. The minimum atomic E-state index is 0.424. The Morgan fingerprint density at radius 1 is 1.12 bits per heavy atom. The molecule has 1 atom stereocenters. The van der Waals surface area contributed by atoms with Gasteiger partial charge in [-0.1, -0.05) is 42.5 Å². The van der Waals surface area contributed by atoms with E-state index in [2.05, 4.69) is 42.5 Å². The molecule has 1 heterocycles. The highest BCUT2D eigenvalue weighted by molar-refractivity contribution is 5.38. The van der Waals surface area contributed by atoms with Crippen LogP contribution < -0.4 is 5.84 Å². The summed E-state index contributed by atoms with van der Waals surface area (Å²) in [5.41, 5.74) is 4.07. The van der Waals surface area contributed by atoms with Crippen molar-refractivity contribution >= 4 is 0 Å². The average molecular weight is 226 g/mol. The number of hydrazine groups is 1. The molecule has 17 heavy (non-hydrogen) atoms. The minimum absolute atomic E-state index is 0.424. The Morgan fingerprint density at radius 2 is 1.88 bits per heavy atom. The number of rotatable bonds is 2. The highest BCUT2D eigenvalue weighted by atomic mass is 15.4. The van der Waals surface area contributed by atoms with Crippen LogP contribution in [0.5, 0.6) is 0 Å². The van der Waals surface area contributed by atoms with Gasteiger partial charge in [-0.05, 0) is 36.8 Å². The van der Waals surface area contributed by atoms with E-state index in [0.29, 0.717) is 6.04 Å². The summed E-state index contributed by atoms with van der Waals surface area (Å²) in [4.78, 5) is 0. The van der Waals surface area contributed by atoms with Gasteiger partial charge in [0.2, 0.25) is 0 Å². The van der Waals surface area contributed by atoms with Crippen LogP contribution in [0.25, 0.3) is 0 Å². The second-order valence-electron chi connectivity index (χ2n) is 4.85. The molecule has 2 N–H and O–H groups in total. The molecule has 1 aromatic carbocycles. The van der Waals surface area contributed by atoms with Crippen molar-refractivity contribution in [1.29, 1.82) is 0 Å². The third-order valence-corrected chi connectivity index (χ3v) is 3.67. The molecule has 0 bridgehead atoms. The molecule has 1 aliphatic heterocycles. The maximum absolute atomic E-state index is 6.21. The van der Waals surface area contributed by atoms with Crippen LogP contribution >= 0.6 is 0 Å². The van der Waals surface area contributed by atoms with E-state index >= 15 is 0 Å². The molecule has 2 aliphatic rings. The van der Waals surface area contributed by atoms with Crippen molar-refractivity contribution in [1.82, 2.24) is 5.01 Å². The number of allylic oxidation sites excluding steroid dienone is 3. The molecule has 3 rings (SSSR count). The van der Waals surface area contributed by atoms with Crippen molar-refractivity contribution in [2.75, 3.05) is 0 Å². The summed E-state index contributed by atoms with van der Waals surface area (Å²) in [6.45, 7) is 0. The predicted octanol–water partition coefficient (Wildman–Crippen LogP) is 2.78. The van der Waals surface area contributed by atoms with E-state index in [4.69, 9.17) is 5.84 Å². The summed E-state index contributed by atoms with van der Waals surface area (Å²) in [6.07, 6.45) is 9.05. The first-order chi connectivity index (χ1) is 8.34. The Balaban J connectivity index is 1.78. The van der Waals surface area contributed by atoms with E-state index in [-0.39, 0.29) is 0 Å². The third-order valence-electron chi connectivity index (χ3n) is 3.67. The number of hydrogen-bond donors (Lipinski definition) is 1. The van der Waals surface area contributed by atoms with Crippen LogP contribution in [0.1, 0.15) is 24.8 Å². The van der Waals surface area contributed by atoms with Crippen LogP contribution in [0.2, 0.25) is 0 Å². The maximum Gasteiger partial charge on any atom is 0.0533 e. The zero-order valence-electron chi connectivity index (χ0n) is 9.97. The fourth-order valence-electron chi connectivity index (χ4n) is 2.78. The second kappa shape index (κ2) is 4.38. The molecule has 0 saturated carbocycles. The molecule has 1 unspecified atom stereocenters. The van der Waals surface area contributed by atoms with Crippen LogP contribution in [0.15, 0.2) is 53.8 Å². The lowest BCUT2D eigenvalue weighted by Crippen LogP contribution is -2.36. The predicted molar refractivity (Wildman–Crippen MR) is 70.0 cm³/mol. The smallest absolute Gasteiger partial charge is 0.0533 e. The molecule has 1 fully saturated rings.